The molecule has 0 atom stereocenters. The van der Waals surface area contributed by atoms with Crippen LogP contribution in [-0.2, 0) is 11.4 Å². The molecule has 3 aromatic rings. The third-order valence-electron chi connectivity index (χ3n) is 4.98. The Morgan fingerprint density at radius 3 is 2.56 bits per heavy atom. The highest BCUT2D eigenvalue weighted by atomic mass is 32.2. The summed E-state index contributed by atoms with van der Waals surface area (Å²) in [5.74, 6) is 0.497. The van der Waals surface area contributed by atoms with E-state index in [0.29, 0.717) is 26.3 Å². The lowest BCUT2D eigenvalue weighted by Gasteiger charge is -2.16. The average molecular weight is 466 g/mol. The van der Waals surface area contributed by atoms with Gasteiger partial charge >= 0.3 is 0 Å². The Morgan fingerprint density at radius 1 is 1.06 bits per heavy atom. The fraction of sp³-hybridized carbons (Fsp3) is 0.120. The van der Waals surface area contributed by atoms with E-state index in [1.54, 1.807) is 41.3 Å². The fourth-order valence-corrected chi connectivity index (χ4v) is 4.59. The number of benzene rings is 3. The first-order valence-electron chi connectivity index (χ1n) is 9.86. The number of amides is 1. The van der Waals surface area contributed by atoms with Crippen molar-refractivity contribution in [3.8, 4) is 11.5 Å². The summed E-state index contributed by atoms with van der Waals surface area (Å²) in [5.41, 5.74) is 2.99. The molecule has 3 aromatic carbocycles. The van der Waals surface area contributed by atoms with Gasteiger partial charge in [-0.05, 0) is 48.4 Å². The second-order valence-electron chi connectivity index (χ2n) is 7.09. The number of ether oxygens (including phenoxy) is 2. The second kappa shape index (κ2) is 9.54. The topological polar surface area (TPSA) is 38.8 Å². The predicted octanol–water partition coefficient (Wildman–Crippen LogP) is 6.13. The molecule has 1 saturated heterocycles. The van der Waals surface area contributed by atoms with Gasteiger partial charge in [-0.3, -0.25) is 9.69 Å². The van der Waals surface area contributed by atoms with Crippen LogP contribution in [0.2, 0.25) is 0 Å². The Hall–Kier alpha value is -3.16. The number of carbonyl (C=O) groups is 1. The lowest BCUT2D eigenvalue weighted by molar-refractivity contribution is -0.113. The minimum atomic E-state index is -0.321. The van der Waals surface area contributed by atoms with Crippen LogP contribution in [0.5, 0.6) is 11.5 Å². The molecule has 1 aliphatic rings. The number of nitrogens with zero attached hydrogens (tertiary/aromatic N) is 1. The lowest BCUT2D eigenvalue weighted by atomic mass is 10.1. The number of para-hydroxylation sites is 1. The van der Waals surface area contributed by atoms with Crippen LogP contribution in [0.4, 0.5) is 10.1 Å². The molecular formula is C25H20FNO3S2. The first-order chi connectivity index (χ1) is 15.5. The molecule has 1 amide bonds. The highest BCUT2D eigenvalue weighted by Gasteiger charge is 2.34. The Balaban J connectivity index is 1.55. The van der Waals surface area contributed by atoms with E-state index >= 15 is 0 Å². The number of halogens is 1. The molecule has 162 valence electrons. The monoisotopic (exact) mass is 465 g/mol. The molecule has 0 aliphatic carbocycles. The average Bonchev–Trinajstić information content (AvgIpc) is 3.06. The summed E-state index contributed by atoms with van der Waals surface area (Å²) in [6.45, 7) is 2.03. The van der Waals surface area contributed by atoms with Crippen molar-refractivity contribution in [2.24, 2.45) is 0 Å². The van der Waals surface area contributed by atoms with Gasteiger partial charge in [0, 0.05) is 5.56 Å². The fourth-order valence-electron chi connectivity index (χ4n) is 3.31. The molecule has 0 saturated carbocycles. The van der Waals surface area contributed by atoms with Crippen LogP contribution >= 0.6 is 24.0 Å². The number of carbonyl (C=O) groups excluding carboxylic acids is 1. The highest BCUT2D eigenvalue weighted by Crippen LogP contribution is 2.38. The van der Waals surface area contributed by atoms with Gasteiger partial charge in [-0.2, -0.15) is 0 Å². The molecule has 1 heterocycles. The van der Waals surface area contributed by atoms with Gasteiger partial charge in [-0.1, -0.05) is 66.4 Å². The minimum Gasteiger partial charge on any atom is -0.493 e. The van der Waals surface area contributed by atoms with E-state index in [1.807, 2.05) is 37.3 Å². The summed E-state index contributed by atoms with van der Waals surface area (Å²) >= 11 is 6.73. The van der Waals surface area contributed by atoms with E-state index in [2.05, 4.69) is 0 Å². The molecule has 0 bridgehead atoms. The van der Waals surface area contributed by atoms with Crippen LogP contribution in [0.1, 0.15) is 16.7 Å². The van der Waals surface area contributed by atoms with Crippen molar-refractivity contribution in [3.63, 3.8) is 0 Å². The first-order valence-corrected chi connectivity index (χ1v) is 11.1. The SMILES string of the molecule is COc1cc(/C=C2\SC(=S)N(c3ccccc3C)C2=O)ccc1OCc1ccccc1F. The van der Waals surface area contributed by atoms with Crippen LogP contribution in [0.3, 0.4) is 0 Å². The Kier molecular flexibility index (Phi) is 6.58. The van der Waals surface area contributed by atoms with Gasteiger partial charge in [0.05, 0.1) is 17.7 Å². The molecular weight excluding hydrogens is 445 g/mol. The van der Waals surface area contributed by atoms with Crippen LogP contribution in [0.25, 0.3) is 6.08 Å². The highest BCUT2D eigenvalue weighted by molar-refractivity contribution is 8.27. The normalized spacial score (nSPS) is 14.8. The van der Waals surface area contributed by atoms with E-state index in [1.165, 1.54) is 24.9 Å². The largest absolute Gasteiger partial charge is 0.493 e. The van der Waals surface area contributed by atoms with Crippen molar-refractivity contribution >= 4 is 46.0 Å². The van der Waals surface area contributed by atoms with Gasteiger partial charge in [-0.15, -0.1) is 0 Å². The van der Waals surface area contributed by atoms with Crippen molar-refractivity contribution in [2.45, 2.75) is 13.5 Å². The lowest BCUT2D eigenvalue weighted by Crippen LogP contribution is -2.28. The molecule has 4 rings (SSSR count). The predicted molar refractivity (Wildman–Crippen MR) is 131 cm³/mol. The maximum Gasteiger partial charge on any atom is 0.270 e. The zero-order chi connectivity index (χ0) is 22.7. The molecule has 0 aromatic heterocycles. The van der Waals surface area contributed by atoms with E-state index in [0.717, 1.165) is 16.8 Å². The van der Waals surface area contributed by atoms with E-state index in [-0.39, 0.29) is 18.3 Å². The Labute approximate surface area is 195 Å². The molecule has 1 aliphatic heterocycles. The third-order valence-corrected chi connectivity index (χ3v) is 6.28. The van der Waals surface area contributed by atoms with E-state index in [9.17, 15) is 9.18 Å². The number of rotatable bonds is 6. The number of thioether (sulfide) groups is 1. The summed E-state index contributed by atoms with van der Waals surface area (Å²) in [7, 11) is 1.53. The second-order valence-corrected chi connectivity index (χ2v) is 8.77. The molecule has 4 nitrogen and oxygen atoms in total. The molecule has 7 heteroatoms. The van der Waals surface area contributed by atoms with Gasteiger partial charge in [0.25, 0.3) is 5.91 Å². The Bertz CT molecular complexity index is 1230. The molecule has 0 spiro atoms. The third kappa shape index (κ3) is 4.54. The number of anilines is 1. The zero-order valence-electron chi connectivity index (χ0n) is 17.5. The Morgan fingerprint density at radius 2 is 1.81 bits per heavy atom. The number of methoxy groups -OCH3 is 1. The van der Waals surface area contributed by atoms with Crippen LogP contribution < -0.4 is 14.4 Å². The van der Waals surface area contributed by atoms with E-state index in [4.69, 9.17) is 21.7 Å². The number of hydrogen-bond donors (Lipinski definition) is 0. The van der Waals surface area contributed by atoms with Crippen molar-refractivity contribution in [1.29, 1.82) is 0 Å². The molecule has 1 fully saturated rings. The maximum atomic E-state index is 13.8. The smallest absolute Gasteiger partial charge is 0.270 e. The molecule has 0 unspecified atom stereocenters. The quantitative estimate of drug-likeness (QED) is 0.324. The summed E-state index contributed by atoms with van der Waals surface area (Å²) < 4.78 is 25.5. The number of thiocarbonyl (C=S) groups is 1. The van der Waals surface area contributed by atoms with Crippen molar-refractivity contribution in [2.75, 3.05) is 12.0 Å². The summed E-state index contributed by atoms with van der Waals surface area (Å²) in [6.07, 6.45) is 1.78. The zero-order valence-corrected chi connectivity index (χ0v) is 19.1. The minimum absolute atomic E-state index is 0.0808. The van der Waals surface area contributed by atoms with Crippen LogP contribution in [0.15, 0.2) is 71.6 Å². The van der Waals surface area contributed by atoms with Crippen molar-refractivity contribution in [1.82, 2.24) is 0 Å². The van der Waals surface area contributed by atoms with Gasteiger partial charge in [0.2, 0.25) is 0 Å². The van der Waals surface area contributed by atoms with Gasteiger partial charge in [0.15, 0.2) is 15.8 Å². The van der Waals surface area contributed by atoms with Gasteiger partial charge < -0.3 is 9.47 Å². The van der Waals surface area contributed by atoms with Crippen LogP contribution in [-0.4, -0.2) is 17.3 Å². The summed E-state index contributed by atoms with van der Waals surface area (Å²) in [6, 6.07) is 19.4. The molecule has 0 N–H and O–H groups in total. The molecule has 0 radical (unpaired) electrons. The van der Waals surface area contributed by atoms with Gasteiger partial charge in [-0.25, -0.2) is 4.39 Å². The number of hydrogen-bond acceptors (Lipinski definition) is 5. The van der Waals surface area contributed by atoms with E-state index < -0.39 is 0 Å². The first kappa shape index (κ1) is 22.0. The summed E-state index contributed by atoms with van der Waals surface area (Å²) in [5, 5.41) is 0. The van der Waals surface area contributed by atoms with Gasteiger partial charge in [0.1, 0.15) is 12.4 Å². The van der Waals surface area contributed by atoms with Crippen LogP contribution in [0, 0.1) is 12.7 Å². The van der Waals surface area contributed by atoms with Crippen molar-refractivity contribution < 1.29 is 18.7 Å². The maximum absolute atomic E-state index is 13.8. The standard InChI is InChI=1S/C25H20FNO3S2/c1-16-7-3-6-10-20(16)27-24(28)23(32-25(27)31)14-17-11-12-21(22(13-17)29-2)30-15-18-8-4-5-9-19(18)26/h3-14H,15H2,1-2H3/b23-14-. The summed E-state index contributed by atoms with van der Waals surface area (Å²) in [4.78, 5) is 15.1. The van der Waals surface area contributed by atoms with Crippen molar-refractivity contribution in [3.05, 3.63) is 94.1 Å². The number of aryl methyl sites for hydroxylation is 1. The molecule has 32 heavy (non-hydrogen) atoms.